The van der Waals surface area contributed by atoms with Crippen LogP contribution in [0.2, 0.25) is 0 Å². The van der Waals surface area contributed by atoms with E-state index in [1.807, 2.05) is 6.92 Å². The van der Waals surface area contributed by atoms with Crippen LogP contribution in [-0.4, -0.2) is 45.1 Å². The minimum atomic E-state index is -1.05. The van der Waals surface area contributed by atoms with Gasteiger partial charge in [-0.2, -0.15) is 5.10 Å². The summed E-state index contributed by atoms with van der Waals surface area (Å²) in [7, 11) is 1.55. The molecule has 2 aromatic heterocycles. The van der Waals surface area contributed by atoms with E-state index in [1.54, 1.807) is 33.1 Å². The van der Waals surface area contributed by atoms with Crippen LogP contribution in [0.15, 0.2) is 18.3 Å². The molecule has 0 radical (unpaired) electrons. The van der Waals surface area contributed by atoms with Gasteiger partial charge in [0.25, 0.3) is 0 Å². The lowest BCUT2D eigenvalue weighted by molar-refractivity contribution is 0.0260. The highest BCUT2D eigenvalue weighted by Crippen LogP contribution is 2.30. The third kappa shape index (κ3) is 3.20. The monoisotopic (exact) mass is 308 g/mol. The molecular weight excluding hydrogens is 288 g/mol. The molecule has 2 rings (SSSR count). The molecule has 2 aromatic rings. The second-order valence-corrected chi connectivity index (χ2v) is 5.72. The van der Waals surface area contributed by atoms with Gasteiger partial charge in [0.15, 0.2) is 0 Å². The molecule has 7 heteroatoms. The fourth-order valence-corrected chi connectivity index (χ4v) is 2.08. The first-order valence-corrected chi connectivity index (χ1v) is 6.86. The van der Waals surface area contributed by atoms with Crippen molar-refractivity contribution >= 4 is 11.5 Å². The summed E-state index contributed by atoms with van der Waals surface area (Å²) in [5.74, 6) is -0.555. The van der Waals surface area contributed by atoms with Gasteiger partial charge in [0, 0.05) is 7.11 Å². The standard InChI is InChI=1S/C15H20N2O5/c1-9(21-4)13-12(22-8-15(2,3)20)6-5-11-10(14(18)19)7-16-17(11)13/h5-7,9,20H,8H2,1-4H3,(H,18,19). The number of pyridine rings is 1. The van der Waals surface area contributed by atoms with Crippen molar-refractivity contribution in [1.82, 2.24) is 9.61 Å². The predicted octanol–water partition coefficient (Wildman–Crippen LogP) is 1.89. The molecule has 0 bridgehead atoms. The Morgan fingerprint density at radius 3 is 2.68 bits per heavy atom. The highest BCUT2D eigenvalue weighted by molar-refractivity contribution is 5.95. The Morgan fingerprint density at radius 1 is 1.45 bits per heavy atom. The average Bonchev–Trinajstić information content (AvgIpc) is 2.86. The summed E-state index contributed by atoms with van der Waals surface area (Å²) >= 11 is 0. The third-order valence-electron chi connectivity index (χ3n) is 3.23. The quantitative estimate of drug-likeness (QED) is 0.846. The molecule has 0 aliphatic rings. The Kier molecular flexibility index (Phi) is 4.39. The van der Waals surface area contributed by atoms with E-state index in [0.717, 1.165) is 0 Å². The van der Waals surface area contributed by atoms with E-state index >= 15 is 0 Å². The van der Waals surface area contributed by atoms with Crippen LogP contribution in [0.4, 0.5) is 0 Å². The van der Waals surface area contributed by atoms with Crippen LogP contribution in [0.1, 0.15) is 42.9 Å². The number of aliphatic hydroxyl groups is 1. The van der Waals surface area contributed by atoms with Crippen LogP contribution in [0.25, 0.3) is 5.52 Å². The molecule has 120 valence electrons. The normalized spacial score (nSPS) is 13.3. The average molecular weight is 308 g/mol. The van der Waals surface area contributed by atoms with Crippen LogP contribution < -0.4 is 4.74 Å². The molecule has 0 spiro atoms. The molecule has 0 aliphatic carbocycles. The first-order valence-electron chi connectivity index (χ1n) is 6.86. The summed E-state index contributed by atoms with van der Waals surface area (Å²) in [6, 6.07) is 3.29. The first-order chi connectivity index (χ1) is 10.2. The largest absolute Gasteiger partial charge is 0.489 e. The number of carboxylic acid groups (broad SMARTS) is 1. The van der Waals surface area contributed by atoms with E-state index in [9.17, 15) is 15.0 Å². The summed E-state index contributed by atoms with van der Waals surface area (Å²) in [6.07, 6.45) is 0.936. The van der Waals surface area contributed by atoms with Gasteiger partial charge in [0.2, 0.25) is 0 Å². The van der Waals surface area contributed by atoms with E-state index in [1.165, 1.54) is 10.7 Å². The van der Waals surface area contributed by atoms with Crippen molar-refractivity contribution in [1.29, 1.82) is 0 Å². The number of methoxy groups -OCH3 is 1. The van der Waals surface area contributed by atoms with Gasteiger partial charge in [0.05, 0.1) is 17.3 Å². The van der Waals surface area contributed by atoms with Gasteiger partial charge in [-0.3, -0.25) is 0 Å². The van der Waals surface area contributed by atoms with Crippen molar-refractivity contribution in [3.8, 4) is 5.75 Å². The Bertz CT molecular complexity index is 687. The molecule has 0 aromatic carbocycles. The zero-order valence-electron chi connectivity index (χ0n) is 13.0. The molecule has 0 aliphatic heterocycles. The van der Waals surface area contributed by atoms with Crippen molar-refractivity contribution in [3.63, 3.8) is 0 Å². The predicted molar refractivity (Wildman–Crippen MR) is 79.4 cm³/mol. The number of hydrogen-bond donors (Lipinski definition) is 2. The van der Waals surface area contributed by atoms with Gasteiger partial charge in [0.1, 0.15) is 29.7 Å². The minimum absolute atomic E-state index is 0.0923. The maximum atomic E-state index is 11.2. The van der Waals surface area contributed by atoms with Gasteiger partial charge in [-0.25, -0.2) is 9.31 Å². The van der Waals surface area contributed by atoms with Crippen LogP contribution in [-0.2, 0) is 4.74 Å². The van der Waals surface area contributed by atoms with E-state index in [2.05, 4.69) is 5.10 Å². The highest BCUT2D eigenvalue weighted by atomic mass is 16.5. The van der Waals surface area contributed by atoms with Gasteiger partial charge in [-0.05, 0) is 32.9 Å². The van der Waals surface area contributed by atoms with Crippen LogP contribution in [0, 0.1) is 0 Å². The van der Waals surface area contributed by atoms with Crippen molar-refractivity contribution in [2.24, 2.45) is 0 Å². The molecule has 2 heterocycles. The number of ether oxygens (including phenoxy) is 2. The van der Waals surface area contributed by atoms with Crippen LogP contribution in [0.3, 0.4) is 0 Å². The Labute approximate surface area is 128 Å². The number of hydrogen-bond acceptors (Lipinski definition) is 5. The third-order valence-corrected chi connectivity index (χ3v) is 3.23. The number of nitrogens with zero attached hydrogens (tertiary/aromatic N) is 2. The number of carbonyl (C=O) groups is 1. The molecule has 2 N–H and O–H groups in total. The SMILES string of the molecule is COC(C)c1c(OCC(C)(C)O)ccc2c(C(=O)O)cnn12. The topological polar surface area (TPSA) is 93.3 Å². The summed E-state index contributed by atoms with van der Waals surface area (Å²) in [5, 5.41) is 23.1. The Morgan fingerprint density at radius 2 is 2.14 bits per heavy atom. The number of carboxylic acids is 1. The lowest BCUT2D eigenvalue weighted by atomic mass is 10.1. The van der Waals surface area contributed by atoms with Gasteiger partial charge < -0.3 is 19.7 Å². The van der Waals surface area contributed by atoms with E-state index in [0.29, 0.717) is 17.0 Å². The summed E-state index contributed by atoms with van der Waals surface area (Å²) in [6.45, 7) is 5.19. The van der Waals surface area contributed by atoms with Crippen molar-refractivity contribution in [2.45, 2.75) is 32.5 Å². The summed E-state index contributed by atoms with van der Waals surface area (Å²) in [5.41, 5.74) is 0.177. The summed E-state index contributed by atoms with van der Waals surface area (Å²) < 4.78 is 12.5. The number of rotatable bonds is 6. The lowest BCUT2D eigenvalue weighted by Crippen LogP contribution is -2.28. The van der Waals surface area contributed by atoms with Crippen molar-refractivity contribution in [3.05, 3.63) is 29.6 Å². The molecule has 1 unspecified atom stereocenters. The van der Waals surface area contributed by atoms with Crippen LogP contribution >= 0.6 is 0 Å². The molecule has 22 heavy (non-hydrogen) atoms. The van der Waals surface area contributed by atoms with E-state index < -0.39 is 11.6 Å². The Balaban J connectivity index is 2.55. The molecule has 1 atom stereocenters. The molecule has 7 nitrogen and oxygen atoms in total. The zero-order chi connectivity index (χ0) is 16.5. The van der Waals surface area contributed by atoms with E-state index in [4.69, 9.17) is 9.47 Å². The Hall–Kier alpha value is -2.12. The first kappa shape index (κ1) is 16.3. The fourth-order valence-electron chi connectivity index (χ4n) is 2.08. The second kappa shape index (κ2) is 5.94. The molecule has 0 amide bonds. The molecule has 0 fully saturated rings. The highest BCUT2D eigenvalue weighted by Gasteiger charge is 2.22. The molecule has 0 saturated carbocycles. The van der Waals surface area contributed by atoms with Crippen molar-refractivity contribution < 1.29 is 24.5 Å². The van der Waals surface area contributed by atoms with Gasteiger partial charge >= 0.3 is 5.97 Å². The van der Waals surface area contributed by atoms with Crippen LogP contribution in [0.5, 0.6) is 5.75 Å². The summed E-state index contributed by atoms with van der Waals surface area (Å²) in [4.78, 5) is 11.2. The molecular formula is C15H20N2O5. The zero-order valence-corrected chi connectivity index (χ0v) is 13.0. The fraction of sp³-hybridized carbons (Fsp3) is 0.467. The number of aromatic nitrogens is 2. The molecule has 0 saturated heterocycles. The second-order valence-electron chi connectivity index (χ2n) is 5.72. The minimum Gasteiger partial charge on any atom is -0.489 e. The number of aromatic carboxylic acids is 1. The number of fused-ring (bicyclic) bond motifs is 1. The maximum absolute atomic E-state index is 11.2. The lowest BCUT2D eigenvalue weighted by Gasteiger charge is -2.21. The van der Waals surface area contributed by atoms with Crippen molar-refractivity contribution in [2.75, 3.05) is 13.7 Å². The van der Waals surface area contributed by atoms with Gasteiger partial charge in [-0.15, -0.1) is 0 Å². The smallest absolute Gasteiger partial charge is 0.339 e. The maximum Gasteiger partial charge on any atom is 0.339 e. The van der Waals surface area contributed by atoms with Gasteiger partial charge in [-0.1, -0.05) is 0 Å². The van der Waals surface area contributed by atoms with E-state index in [-0.39, 0.29) is 18.3 Å².